The smallest absolute Gasteiger partial charge is 0.410 e. The monoisotopic (exact) mass is 482 g/mol. The highest BCUT2D eigenvalue weighted by Gasteiger charge is 2.48. The van der Waals surface area contributed by atoms with Crippen molar-refractivity contribution in [2.24, 2.45) is 5.92 Å². The van der Waals surface area contributed by atoms with Gasteiger partial charge in [-0.25, -0.2) is 9.59 Å². The number of hydrogen-bond donors (Lipinski definition) is 0. The molecule has 3 unspecified atom stereocenters. The molecule has 1 saturated carbocycles. The maximum Gasteiger partial charge on any atom is 0.410 e. The lowest BCUT2D eigenvalue weighted by Crippen LogP contribution is -2.55. The molecule has 192 valence electrons. The Kier molecular flexibility index (Phi) is 6.73. The second kappa shape index (κ2) is 9.64. The molecular formula is C28H42N4O3. The Balaban J connectivity index is 1.28. The number of ether oxygens (including phenoxy) is 1. The minimum atomic E-state index is -0.127. The van der Waals surface area contributed by atoms with E-state index in [-0.39, 0.29) is 23.6 Å². The van der Waals surface area contributed by atoms with Crippen LogP contribution in [0.15, 0.2) is 24.3 Å². The summed E-state index contributed by atoms with van der Waals surface area (Å²) >= 11 is 0. The molecule has 0 radical (unpaired) electrons. The standard InChI is InChI=1S/C28H42N4O3/c1-20(2)35-27(34)32-13-7-9-21-16-23(17-25(21)32)30-14-11-28(12-15-30)19-31(26(33)29(3)4)18-22-8-5-6-10-24(22)28/h5-6,8,10,20-21,23,25H,7,9,11-19H2,1-4H3. The molecule has 0 bridgehead atoms. The zero-order valence-electron chi connectivity index (χ0n) is 21.9. The van der Waals surface area contributed by atoms with Crippen molar-refractivity contribution >= 4 is 12.1 Å². The summed E-state index contributed by atoms with van der Waals surface area (Å²) < 4.78 is 5.57. The molecule has 3 amide bonds. The lowest BCUT2D eigenvalue weighted by Gasteiger charge is -2.50. The molecule has 7 heteroatoms. The molecule has 3 atom stereocenters. The van der Waals surface area contributed by atoms with Gasteiger partial charge in [0, 0.05) is 51.2 Å². The first kappa shape index (κ1) is 24.4. The Morgan fingerprint density at radius 1 is 1.09 bits per heavy atom. The van der Waals surface area contributed by atoms with Crippen LogP contribution < -0.4 is 0 Å². The number of amides is 3. The molecule has 35 heavy (non-hydrogen) atoms. The lowest BCUT2D eigenvalue weighted by atomic mass is 9.68. The Morgan fingerprint density at radius 3 is 2.54 bits per heavy atom. The van der Waals surface area contributed by atoms with Gasteiger partial charge in [-0.2, -0.15) is 0 Å². The van der Waals surface area contributed by atoms with Crippen LogP contribution in [-0.4, -0.2) is 90.2 Å². The van der Waals surface area contributed by atoms with E-state index in [1.54, 1.807) is 4.90 Å². The molecule has 5 rings (SSSR count). The predicted molar refractivity (Wildman–Crippen MR) is 136 cm³/mol. The Morgan fingerprint density at radius 2 is 1.83 bits per heavy atom. The molecule has 1 aromatic carbocycles. The molecule has 0 aromatic heterocycles. The fourth-order valence-corrected chi connectivity index (χ4v) is 7.30. The van der Waals surface area contributed by atoms with E-state index in [4.69, 9.17) is 4.74 Å². The average molecular weight is 483 g/mol. The third kappa shape index (κ3) is 4.64. The third-order valence-corrected chi connectivity index (χ3v) is 8.95. The molecule has 1 spiro atoms. The summed E-state index contributed by atoms with van der Waals surface area (Å²) in [6, 6.07) is 9.71. The van der Waals surface area contributed by atoms with Crippen molar-refractivity contribution in [3.63, 3.8) is 0 Å². The van der Waals surface area contributed by atoms with E-state index < -0.39 is 0 Å². The molecule has 1 aliphatic carbocycles. The average Bonchev–Trinajstić information content (AvgIpc) is 3.28. The van der Waals surface area contributed by atoms with Gasteiger partial charge in [0.05, 0.1) is 6.10 Å². The maximum atomic E-state index is 12.9. The fourth-order valence-electron chi connectivity index (χ4n) is 7.30. The second-order valence-electron chi connectivity index (χ2n) is 11.7. The number of nitrogens with zero attached hydrogens (tertiary/aromatic N) is 4. The largest absolute Gasteiger partial charge is 0.447 e. The summed E-state index contributed by atoms with van der Waals surface area (Å²) in [5, 5.41) is 0. The predicted octanol–water partition coefficient (Wildman–Crippen LogP) is 4.31. The van der Waals surface area contributed by atoms with Crippen LogP contribution in [0.1, 0.15) is 63.5 Å². The summed E-state index contributed by atoms with van der Waals surface area (Å²) in [4.78, 5) is 34.1. The number of benzene rings is 1. The highest BCUT2D eigenvalue weighted by Crippen LogP contribution is 2.45. The van der Waals surface area contributed by atoms with Crippen LogP contribution in [0.4, 0.5) is 9.59 Å². The summed E-state index contributed by atoms with van der Waals surface area (Å²) in [5.74, 6) is 0.591. The van der Waals surface area contributed by atoms with Gasteiger partial charge in [0.2, 0.25) is 0 Å². The number of rotatable bonds is 2. The first-order valence-corrected chi connectivity index (χ1v) is 13.5. The molecule has 7 nitrogen and oxygen atoms in total. The van der Waals surface area contributed by atoms with Gasteiger partial charge in [-0.05, 0) is 82.5 Å². The van der Waals surface area contributed by atoms with Gasteiger partial charge in [0.25, 0.3) is 0 Å². The minimum Gasteiger partial charge on any atom is -0.447 e. The number of urea groups is 1. The van der Waals surface area contributed by atoms with E-state index in [1.807, 2.05) is 37.7 Å². The van der Waals surface area contributed by atoms with Gasteiger partial charge < -0.3 is 24.3 Å². The molecule has 1 aromatic rings. The van der Waals surface area contributed by atoms with E-state index in [9.17, 15) is 9.59 Å². The highest BCUT2D eigenvalue weighted by molar-refractivity contribution is 5.74. The van der Waals surface area contributed by atoms with Gasteiger partial charge in [0.15, 0.2) is 0 Å². The molecule has 3 fully saturated rings. The van der Waals surface area contributed by atoms with Crippen LogP contribution in [0.2, 0.25) is 0 Å². The van der Waals surface area contributed by atoms with E-state index in [2.05, 4.69) is 29.2 Å². The first-order valence-electron chi connectivity index (χ1n) is 13.5. The molecule has 0 N–H and O–H groups in total. The minimum absolute atomic E-state index is 0.0372. The number of hydrogen-bond acceptors (Lipinski definition) is 4. The van der Waals surface area contributed by atoms with Crippen molar-refractivity contribution < 1.29 is 14.3 Å². The van der Waals surface area contributed by atoms with E-state index in [1.165, 1.54) is 24.0 Å². The Bertz CT molecular complexity index is 940. The summed E-state index contributed by atoms with van der Waals surface area (Å²) in [7, 11) is 3.69. The van der Waals surface area contributed by atoms with Crippen LogP contribution in [-0.2, 0) is 16.7 Å². The van der Waals surface area contributed by atoms with E-state index in [0.717, 1.165) is 51.9 Å². The van der Waals surface area contributed by atoms with Crippen LogP contribution in [0.5, 0.6) is 0 Å². The summed E-state index contributed by atoms with van der Waals surface area (Å²) in [5.41, 5.74) is 2.79. The number of fused-ring (bicyclic) bond motifs is 3. The molecule has 3 aliphatic heterocycles. The van der Waals surface area contributed by atoms with Crippen LogP contribution in [0.3, 0.4) is 0 Å². The van der Waals surface area contributed by atoms with Crippen molar-refractivity contribution in [2.75, 3.05) is 40.3 Å². The zero-order valence-corrected chi connectivity index (χ0v) is 21.9. The molecular weight excluding hydrogens is 440 g/mol. The van der Waals surface area contributed by atoms with Crippen LogP contribution in [0.25, 0.3) is 0 Å². The molecule has 3 heterocycles. The number of piperidine rings is 2. The third-order valence-electron chi connectivity index (χ3n) is 8.95. The van der Waals surface area contributed by atoms with Crippen molar-refractivity contribution in [1.29, 1.82) is 0 Å². The van der Waals surface area contributed by atoms with E-state index in [0.29, 0.717) is 24.5 Å². The van der Waals surface area contributed by atoms with Gasteiger partial charge in [0.1, 0.15) is 0 Å². The van der Waals surface area contributed by atoms with Crippen LogP contribution >= 0.6 is 0 Å². The quantitative estimate of drug-likeness (QED) is 0.631. The number of likely N-dealkylation sites (tertiary alicyclic amines) is 2. The molecule has 2 saturated heterocycles. The summed E-state index contributed by atoms with van der Waals surface area (Å²) in [6.45, 7) is 8.30. The van der Waals surface area contributed by atoms with Crippen LogP contribution in [0, 0.1) is 5.92 Å². The van der Waals surface area contributed by atoms with Gasteiger partial charge in [-0.1, -0.05) is 24.3 Å². The zero-order chi connectivity index (χ0) is 24.7. The topological polar surface area (TPSA) is 56.3 Å². The lowest BCUT2D eigenvalue weighted by molar-refractivity contribution is 0.0423. The molecule has 4 aliphatic rings. The number of carbonyl (C=O) groups is 2. The fraction of sp³-hybridized carbons (Fsp3) is 0.714. The normalized spacial score (nSPS) is 28.1. The SMILES string of the molecule is CC(C)OC(=O)N1CCCC2CC(N3CCC4(CC3)CN(C(=O)N(C)C)Cc3ccccc34)CC21. The highest BCUT2D eigenvalue weighted by atomic mass is 16.6. The van der Waals surface area contributed by atoms with Crippen molar-refractivity contribution in [3.05, 3.63) is 35.4 Å². The Hall–Kier alpha value is -2.28. The van der Waals surface area contributed by atoms with Gasteiger partial charge >= 0.3 is 12.1 Å². The van der Waals surface area contributed by atoms with Gasteiger partial charge in [-0.15, -0.1) is 0 Å². The Labute approximate surface area is 210 Å². The van der Waals surface area contributed by atoms with E-state index >= 15 is 0 Å². The number of carbonyl (C=O) groups excluding carboxylic acids is 2. The maximum absolute atomic E-state index is 12.9. The summed E-state index contributed by atoms with van der Waals surface area (Å²) in [6.07, 6.45) is 6.50. The van der Waals surface area contributed by atoms with Crippen molar-refractivity contribution in [1.82, 2.24) is 19.6 Å². The van der Waals surface area contributed by atoms with Crippen molar-refractivity contribution in [2.45, 2.75) is 82.5 Å². The van der Waals surface area contributed by atoms with Gasteiger partial charge in [-0.3, -0.25) is 0 Å². The first-order chi connectivity index (χ1) is 16.8. The second-order valence-corrected chi connectivity index (χ2v) is 11.7. The van der Waals surface area contributed by atoms with Crippen molar-refractivity contribution in [3.8, 4) is 0 Å².